The molecular weight excluding hydrogens is 436 g/mol. The molecule has 0 amide bonds. The molecule has 0 heterocycles. The van der Waals surface area contributed by atoms with Gasteiger partial charge in [0, 0.05) is 13.3 Å². The van der Waals surface area contributed by atoms with E-state index in [0.29, 0.717) is 18.4 Å². The Morgan fingerprint density at radius 2 is 1.55 bits per heavy atom. The fourth-order valence-electron chi connectivity index (χ4n) is 2.98. The van der Waals surface area contributed by atoms with Crippen molar-refractivity contribution < 1.29 is 50.0 Å². The zero-order valence-electron chi connectivity index (χ0n) is 20.2. The smallest absolute Gasteiger partial charge is 0.303 e. The molecule has 0 saturated heterocycles. The first-order valence-corrected chi connectivity index (χ1v) is 11.0. The van der Waals surface area contributed by atoms with Gasteiger partial charge < -0.3 is 45.2 Å². The molecule has 0 aliphatic rings. The van der Waals surface area contributed by atoms with Gasteiger partial charge in [-0.05, 0) is 46.1 Å². The summed E-state index contributed by atoms with van der Waals surface area (Å²) in [6.07, 6.45) is -4.15. The van der Waals surface area contributed by atoms with E-state index in [4.69, 9.17) is 14.6 Å². The second-order valence-corrected chi connectivity index (χ2v) is 8.81. The number of carbonyl (C=O) groups excluding carboxylic acids is 1. The van der Waals surface area contributed by atoms with Crippen molar-refractivity contribution in [3.63, 3.8) is 0 Å². The Morgan fingerprint density at radius 3 is 2.06 bits per heavy atom. The summed E-state index contributed by atoms with van der Waals surface area (Å²) < 4.78 is 10.5. The van der Waals surface area contributed by atoms with Crippen molar-refractivity contribution in [3.05, 3.63) is 23.3 Å². The SMILES string of the molecule is CC(=O)OC(CC(O)C(C)(O)CCC=C(C)C)C(C)=CCOCC(O)C(O)C(O)C(O)CO. The second kappa shape index (κ2) is 15.5. The number of carbonyl (C=O) groups is 1. The Balaban J connectivity index is 4.93. The van der Waals surface area contributed by atoms with Crippen LogP contribution < -0.4 is 0 Å². The van der Waals surface area contributed by atoms with Gasteiger partial charge in [-0.25, -0.2) is 0 Å². The van der Waals surface area contributed by atoms with E-state index in [1.54, 1.807) is 13.0 Å². The number of ether oxygens (including phenoxy) is 2. The molecule has 0 aromatic rings. The van der Waals surface area contributed by atoms with Crippen LogP contribution in [0.2, 0.25) is 0 Å². The highest BCUT2D eigenvalue weighted by Crippen LogP contribution is 2.24. The summed E-state index contributed by atoms with van der Waals surface area (Å²) in [7, 11) is 0. The first-order valence-electron chi connectivity index (χ1n) is 11.0. The lowest BCUT2D eigenvalue weighted by atomic mass is 9.88. The topological polar surface area (TPSA) is 177 Å². The average Bonchev–Trinajstić information content (AvgIpc) is 2.73. The maximum atomic E-state index is 11.5. The highest BCUT2D eigenvalue weighted by molar-refractivity contribution is 5.66. The fraction of sp³-hybridized carbons (Fsp3) is 0.783. The Bertz CT molecular complexity index is 627. The molecular formula is C23H42O10. The maximum Gasteiger partial charge on any atom is 0.303 e. The van der Waals surface area contributed by atoms with E-state index in [-0.39, 0.29) is 19.6 Å². The van der Waals surface area contributed by atoms with E-state index in [9.17, 15) is 35.4 Å². The fourth-order valence-corrected chi connectivity index (χ4v) is 2.98. The van der Waals surface area contributed by atoms with Crippen LogP contribution >= 0.6 is 0 Å². The molecule has 0 aromatic heterocycles. The van der Waals surface area contributed by atoms with Crippen molar-refractivity contribution >= 4 is 5.97 Å². The molecule has 0 spiro atoms. The van der Waals surface area contributed by atoms with Crippen molar-refractivity contribution in [1.29, 1.82) is 0 Å². The van der Waals surface area contributed by atoms with Gasteiger partial charge in [-0.15, -0.1) is 0 Å². The van der Waals surface area contributed by atoms with E-state index in [1.807, 2.05) is 19.9 Å². The van der Waals surface area contributed by atoms with E-state index in [1.165, 1.54) is 13.8 Å². The summed E-state index contributed by atoms with van der Waals surface area (Å²) >= 11 is 0. The third-order valence-electron chi connectivity index (χ3n) is 5.31. The van der Waals surface area contributed by atoms with Gasteiger partial charge in [-0.3, -0.25) is 4.79 Å². The molecule has 7 atom stereocenters. The van der Waals surface area contributed by atoms with Crippen LogP contribution in [0.25, 0.3) is 0 Å². The van der Waals surface area contributed by atoms with Crippen LogP contribution in [-0.2, 0) is 14.3 Å². The third kappa shape index (κ3) is 12.6. The van der Waals surface area contributed by atoms with Crippen LogP contribution in [0.15, 0.2) is 23.3 Å². The zero-order valence-corrected chi connectivity index (χ0v) is 20.2. The Hall–Kier alpha value is -1.37. The minimum absolute atomic E-state index is 0.0314. The predicted octanol–water partition coefficient (Wildman–Crippen LogP) is -0.435. The number of rotatable bonds is 16. The average molecular weight is 479 g/mol. The van der Waals surface area contributed by atoms with Crippen LogP contribution in [0.5, 0.6) is 0 Å². The van der Waals surface area contributed by atoms with Gasteiger partial charge in [0.2, 0.25) is 0 Å². The molecule has 10 nitrogen and oxygen atoms in total. The first-order chi connectivity index (χ1) is 15.2. The molecule has 33 heavy (non-hydrogen) atoms. The molecule has 0 radical (unpaired) electrons. The highest BCUT2D eigenvalue weighted by Gasteiger charge is 2.33. The Kier molecular flexibility index (Phi) is 14.9. The van der Waals surface area contributed by atoms with Gasteiger partial charge in [0.25, 0.3) is 0 Å². The summed E-state index contributed by atoms with van der Waals surface area (Å²) in [6.45, 7) is 7.11. The Labute approximate surface area is 195 Å². The number of hydrogen-bond donors (Lipinski definition) is 7. The standard InChI is InChI=1S/C23H42O10/c1-14(2)7-6-9-23(5,31)20(28)11-19(33-16(4)25)15(3)8-10-32-13-18(27)22(30)21(29)17(26)12-24/h7-8,17-22,24,26-31H,6,9-13H2,1-5H3. The Morgan fingerprint density at radius 1 is 0.970 bits per heavy atom. The molecule has 0 aliphatic carbocycles. The van der Waals surface area contributed by atoms with Gasteiger partial charge in [-0.2, -0.15) is 0 Å². The molecule has 0 aromatic carbocycles. The van der Waals surface area contributed by atoms with Crippen LogP contribution in [0.1, 0.15) is 53.9 Å². The molecule has 0 rings (SSSR count). The molecule has 7 N–H and O–H groups in total. The number of aliphatic hydroxyl groups is 7. The van der Waals surface area contributed by atoms with Crippen molar-refractivity contribution in [2.75, 3.05) is 19.8 Å². The lowest BCUT2D eigenvalue weighted by Crippen LogP contribution is -2.47. The lowest BCUT2D eigenvalue weighted by Gasteiger charge is -2.31. The van der Waals surface area contributed by atoms with E-state index < -0.39 is 54.8 Å². The normalized spacial score (nSPS) is 19.6. The molecule has 10 heteroatoms. The monoisotopic (exact) mass is 478 g/mol. The van der Waals surface area contributed by atoms with Crippen molar-refractivity contribution in [2.45, 2.75) is 96.1 Å². The van der Waals surface area contributed by atoms with Crippen LogP contribution in [-0.4, -0.2) is 104 Å². The lowest BCUT2D eigenvalue weighted by molar-refractivity contribution is -0.148. The molecule has 0 aliphatic heterocycles. The van der Waals surface area contributed by atoms with Gasteiger partial charge in [0.1, 0.15) is 30.5 Å². The van der Waals surface area contributed by atoms with Gasteiger partial charge in [0.15, 0.2) is 0 Å². The van der Waals surface area contributed by atoms with E-state index in [2.05, 4.69) is 0 Å². The number of esters is 1. The highest BCUT2D eigenvalue weighted by atomic mass is 16.5. The first kappa shape index (κ1) is 31.6. The number of aliphatic hydroxyl groups excluding tert-OH is 6. The van der Waals surface area contributed by atoms with Crippen LogP contribution in [0, 0.1) is 0 Å². The molecule has 0 bridgehead atoms. The van der Waals surface area contributed by atoms with Gasteiger partial charge >= 0.3 is 5.97 Å². The molecule has 0 saturated carbocycles. The largest absolute Gasteiger partial charge is 0.458 e. The van der Waals surface area contributed by atoms with Crippen molar-refractivity contribution in [2.24, 2.45) is 0 Å². The predicted molar refractivity (Wildman–Crippen MR) is 121 cm³/mol. The molecule has 0 fully saturated rings. The van der Waals surface area contributed by atoms with Crippen molar-refractivity contribution in [3.8, 4) is 0 Å². The van der Waals surface area contributed by atoms with Gasteiger partial charge in [0.05, 0.1) is 31.5 Å². The molecule has 194 valence electrons. The van der Waals surface area contributed by atoms with E-state index >= 15 is 0 Å². The summed E-state index contributed by atoms with van der Waals surface area (Å²) in [5, 5.41) is 68.5. The second-order valence-electron chi connectivity index (χ2n) is 8.81. The summed E-state index contributed by atoms with van der Waals surface area (Å²) in [5.74, 6) is -0.556. The zero-order chi connectivity index (χ0) is 25.8. The quantitative estimate of drug-likeness (QED) is 0.0874. The number of hydrogen-bond acceptors (Lipinski definition) is 10. The van der Waals surface area contributed by atoms with Crippen LogP contribution in [0.4, 0.5) is 0 Å². The number of allylic oxidation sites excluding steroid dienone is 2. The van der Waals surface area contributed by atoms with Crippen molar-refractivity contribution in [1.82, 2.24) is 0 Å². The van der Waals surface area contributed by atoms with E-state index in [0.717, 1.165) is 5.57 Å². The van der Waals surface area contributed by atoms with Crippen LogP contribution in [0.3, 0.4) is 0 Å². The molecule has 7 unspecified atom stereocenters. The third-order valence-corrected chi connectivity index (χ3v) is 5.31. The minimum atomic E-state index is -1.75. The minimum Gasteiger partial charge on any atom is -0.458 e. The summed E-state index contributed by atoms with van der Waals surface area (Å²) in [5.41, 5.74) is 0.269. The maximum absolute atomic E-state index is 11.5. The summed E-state index contributed by atoms with van der Waals surface area (Å²) in [6, 6.07) is 0. The summed E-state index contributed by atoms with van der Waals surface area (Å²) in [4.78, 5) is 11.5. The van der Waals surface area contributed by atoms with Gasteiger partial charge in [-0.1, -0.05) is 17.7 Å².